The zero-order chi connectivity index (χ0) is 12.3. The largest absolute Gasteiger partial charge is 0.416 e. The van der Waals surface area contributed by atoms with Gasteiger partial charge in [-0.15, -0.1) is 0 Å². The minimum absolute atomic E-state index is 0.363. The number of benzene rings is 1. The van der Waals surface area contributed by atoms with Crippen LogP contribution in [0.2, 0.25) is 0 Å². The third kappa shape index (κ3) is 3.20. The van der Waals surface area contributed by atoms with E-state index in [0.29, 0.717) is 12.1 Å². The fraction of sp³-hybridized carbons (Fsp3) is 0.500. The highest BCUT2D eigenvalue weighted by Crippen LogP contribution is 2.32. The van der Waals surface area contributed by atoms with Crippen molar-refractivity contribution in [2.75, 3.05) is 26.2 Å². The van der Waals surface area contributed by atoms with Crippen LogP contribution in [0.15, 0.2) is 24.3 Å². The Hall–Kier alpha value is -1.07. The molecule has 1 fully saturated rings. The Morgan fingerprint density at radius 2 is 1.76 bits per heavy atom. The molecule has 0 radical (unpaired) electrons. The molecule has 0 aromatic heterocycles. The average Bonchev–Trinajstić information content (AvgIpc) is 2.30. The number of hydrogen-bond donors (Lipinski definition) is 1. The SMILES string of the molecule is FC(F)(F)c1ccccc1CN1CCNCC1. The first-order chi connectivity index (χ1) is 8.07. The summed E-state index contributed by atoms with van der Waals surface area (Å²) >= 11 is 0. The molecule has 17 heavy (non-hydrogen) atoms. The van der Waals surface area contributed by atoms with Gasteiger partial charge in [0.05, 0.1) is 5.56 Å². The van der Waals surface area contributed by atoms with Gasteiger partial charge in [-0.05, 0) is 11.6 Å². The van der Waals surface area contributed by atoms with Gasteiger partial charge in [0.2, 0.25) is 0 Å². The number of halogens is 3. The van der Waals surface area contributed by atoms with Gasteiger partial charge in [0.25, 0.3) is 0 Å². The summed E-state index contributed by atoms with van der Waals surface area (Å²) in [5.41, 5.74) is -0.152. The lowest BCUT2D eigenvalue weighted by Crippen LogP contribution is -2.43. The van der Waals surface area contributed by atoms with Crippen LogP contribution in [0.4, 0.5) is 13.2 Å². The maximum atomic E-state index is 12.8. The molecule has 0 atom stereocenters. The number of hydrogen-bond acceptors (Lipinski definition) is 2. The van der Waals surface area contributed by atoms with E-state index < -0.39 is 11.7 Å². The van der Waals surface area contributed by atoms with Crippen LogP contribution < -0.4 is 5.32 Å². The van der Waals surface area contributed by atoms with Crippen molar-refractivity contribution in [3.8, 4) is 0 Å². The Balaban J connectivity index is 2.14. The number of nitrogens with zero attached hydrogens (tertiary/aromatic N) is 1. The number of nitrogens with one attached hydrogen (secondary N) is 1. The first kappa shape index (κ1) is 12.4. The van der Waals surface area contributed by atoms with Gasteiger partial charge in [-0.25, -0.2) is 0 Å². The van der Waals surface area contributed by atoms with Crippen LogP contribution in [0.25, 0.3) is 0 Å². The summed E-state index contributed by atoms with van der Waals surface area (Å²) in [6, 6.07) is 5.80. The minimum atomic E-state index is -4.26. The zero-order valence-corrected chi connectivity index (χ0v) is 9.43. The van der Waals surface area contributed by atoms with Crippen molar-refractivity contribution in [2.45, 2.75) is 12.7 Å². The lowest BCUT2D eigenvalue weighted by molar-refractivity contribution is -0.138. The van der Waals surface area contributed by atoms with Crippen molar-refractivity contribution in [2.24, 2.45) is 0 Å². The van der Waals surface area contributed by atoms with Crippen molar-refractivity contribution < 1.29 is 13.2 Å². The summed E-state index contributed by atoms with van der Waals surface area (Å²) in [5, 5.41) is 3.18. The van der Waals surface area contributed by atoms with Gasteiger partial charge < -0.3 is 5.32 Å². The molecule has 2 rings (SSSR count). The predicted octanol–water partition coefficient (Wildman–Crippen LogP) is 2.11. The van der Waals surface area contributed by atoms with Gasteiger partial charge >= 0.3 is 6.18 Å². The van der Waals surface area contributed by atoms with E-state index in [1.807, 2.05) is 4.90 Å². The summed E-state index contributed by atoms with van der Waals surface area (Å²) in [5.74, 6) is 0. The molecule has 5 heteroatoms. The molecule has 0 spiro atoms. The van der Waals surface area contributed by atoms with Crippen LogP contribution >= 0.6 is 0 Å². The van der Waals surface area contributed by atoms with Crippen LogP contribution in [-0.4, -0.2) is 31.1 Å². The predicted molar refractivity (Wildman–Crippen MR) is 59.6 cm³/mol. The van der Waals surface area contributed by atoms with Gasteiger partial charge in [-0.3, -0.25) is 4.90 Å². The van der Waals surface area contributed by atoms with Crippen molar-refractivity contribution >= 4 is 0 Å². The lowest BCUT2D eigenvalue weighted by Gasteiger charge is -2.28. The second-order valence-electron chi connectivity index (χ2n) is 4.18. The summed E-state index contributed by atoms with van der Waals surface area (Å²) < 4.78 is 38.3. The quantitative estimate of drug-likeness (QED) is 0.857. The first-order valence-electron chi connectivity index (χ1n) is 5.65. The molecule has 1 saturated heterocycles. The standard InChI is InChI=1S/C12H15F3N2/c13-12(14,15)11-4-2-1-3-10(11)9-17-7-5-16-6-8-17/h1-4,16H,5-9H2. The van der Waals surface area contributed by atoms with Crippen LogP contribution in [0.5, 0.6) is 0 Å². The van der Waals surface area contributed by atoms with Crippen LogP contribution in [0, 0.1) is 0 Å². The van der Waals surface area contributed by atoms with Crippen molar-refractivity contribution in [3.63, 3.8) is 0 Å². The van der Waals surface area contributed by atoms with Crippen LogP contribution in [0.1, 0.15) is 11.1 Å². The van der Waals surface area contributed by atoms with Gasteiger partial charge in [0.15, 0.2) is 0 Å². The highest BCUT2D eigenvalue weighted by molar-refractivity contribution is 5.29. The van der Waals surface area contributed by atoms with Gasteiger partial charge in [0.1, 0.15) is 0 Å². The molecular formula is C12H15F3N2. The maximum absolute atomic E-state index is 12.8. The van der Waals surface area contributed by atoms with E-state index >= 15 is 0 Å². The smallest absolute Gasteiger partial charge is 0.314 e. The van der Waals surface area contributed by atoms with E-state index in [0.717, 1.165) is 32.2 Å². The molecule has 0 saturated carbocycles. The number of rotatable bonds is 2. The Kier molecular flexibility index (Phi) is 3.69. The van der Waals surface area contributed by atoms with Gasteiger partial charge in [0, 0.05) is 32.7 Å². The maximum Gasteiger partial charge on any atom is 0.416 e. The Morgan fingerprint density at radius 1 is 1.12 bits per heavy atom. The summed E-state index contributed by atoms with van der Waals surface area (Å²) in [6.07, 6.45) is -4.26. The summed E-state index contributed by atoms with van der Waals surface area (Å²) in [4.78, 5) is 2.04. The first-order valence-corrected chi connectivity index (χ1v) is 5.65. The zero-order valence-electron chi connectivity index (χ0n) is 9.43. The molecule has 0 bridgehead atoms. The summed E-state index contributed by atoms with van der Waals surface area (Å²) in [7, 11) is 0. The molecule has 0 amide bonds. The van der Waals surface area contributed by atoms with E-state index in [-0.39, 0.29) is 0 Å². The van der Waals surface area contributed by atoms with Crippen molar-refractivity contribution in [1.82, 2.24) is 10.2 Å². The minimum Gasteiger partial charge on any atom is -0.314 e. The van der Waals surface area contributed by atoms with Gasteiger partial charge in [-0.2, -0.15) is 13.2 Å². The molecule has 2 nitrogen and oxygen atoms in total. The fourth-order valence-electron chi connectivity index (χ4n) is 2.04. The van der Waals surface area contributed by atoms with E-state index in [2.05, 4.69) is 5.32 Å². The fourth-order valence-corrected chi connectivity index (χ4v) is 2.04. The number of alkyl halides is 3. The van der Waals surface area contributed by atoms with Crippen LogP contribution in [-0.2, 0) is 12.7 Å². The Morgan fingerprint density at radius 3 is 2.41 bits per heavy atom. The average molecular weight is 244 g/mol. The summed E-state index contributed by atoms with van der Waals surface area (Å²) in [6.45, 7) is 3.65. The Bertz CT molecular complexity index is 370. The van der Waals surface area contributed by atoms with Gasteiger partial charge in [-0.1, -0.05) is 18.2 Å². The molecule has 1 aliphatic rings. The second-order valence-corrected chi connectivity index (χ2v) is 4.18. The third-order valence-electron chi connectivity index (χ3n) is 2.93. The molecule has 1 N–H and O–H groups in total. The van der Waals surface area contributed by atoms with Crippen molar-refractivity contribution in [3.05, 3.63) is 35.4 Å². The molecule has 1 aliphatic heterocycles. The topological polar surface area (TPSA) is 15.3 Å². The molecule has 0 unspecified atom stereocenters. The van der Waals surface area contributed by atoms with Crippen LogP contribution in [0.3, 0.4) is 0 Å². The second kappa shape index (κ2) is 5.06. The third-order valence-corrected chi connectivity index (χ3v) is 2.93. The highest BCUT2D eigenvalue weighted by atomic mass is 19.4. The molecule has 1 heterocycles. The van der Waals surface area contributed by atoms with E-state index in [9.17, 15) is 13.2 Å². The van der Waals surface area contributed by atoms with Crippen molar-refractivity contribution in [1.29, 1.82) is 0 Å². The lowest BCUT2D eigenvalue weighted by atomic mass is 10.1. The molecule has 1 aromatic carbocycles. The monoisotopic (exact) mass is 244 g/mol. The molecule has 1 aromatic rings. The number of piperazine rings is 1. The molecule has 0 aliphatic carbocycles. The normalized spacial score (nSPS) is 18.3. The molecule has 94 valence electrons. The highest BCUT2D eigenvalue weighted by Gasteiger charge is 2.33. The van der Waals surface area contributed by atoms with E-state index in [4.69, 9.17) is 0 Å². The van der Waals surface area contributed by atoms with E-state index in [1.165, 1.54) is 6.07 Å². The Labute approximate surface area is 98.4 Å². The molecular weight excluding hydrogens is 229 g/mol. The van der Waals surface area contributed by atoms with E-state index in [1.54, 1.807) is 12.1 Å².